The molecule has 40 heteroatoms. The van der Waals surface area contributed by atoms with Crippen molar-refractivity contribution in [3.05, 3.63) is 69.1 Å². The second kappa shape index (κ2) is 45.1. The lowest BCUT2D eigenvalue weighted by atomic mass is 9.88. The molecule has 0 spiro atoms. The van der Waals surface area contributed by atoms with Gasteiger partial charge in [0.15, 0.2) is 40.7 Å². The van der Waals surface area contributed by atoms with Crippen LogP contribution in [0.25, 0.3) is 0 Å². The Kier molecular flexibility index (Phi) is 36.7. The number of aromatic hydroxyl groups is 2. The molecule has 0 aliphatic carbocycles. The number of ketones is 6. The number of primary amides is 3. The van der Waals surface area contributed by atoms with Crippen LogP contribution in [-0.2, 0) is 97.7 Å². The van der Waals surface area contributed by atoms with Crippen LogP contribution in [0.2, 0.25) is 0 Å². The summed E-state index contributed by atoms with van der Waals surface area (Å²) in [5.41, 5.74) is 34.9. The Bertz CT molecular complexity index is 3940. The first-order chi connectivity index (χ1) is 53.1. The Morgan fingerprint density at radius 3 is 1.99 bits per heavy atom. The second-order valence-electron chi connectivity index (χ2n) is 28.3. The summed E-state index contributed by atoms with van der Waals surface area (Å²) in [7, 11) is 1.81. The Morgan fingerprint density at radius 2 is 1.34 bits per heavy atom. The van der Waals surface area contributed by atoms with Gasteiger partial charge in [-0.2, -0.15) is 0 Å². The predicted molar refractivity (Wildman–Crippen MR) is 415 cm³/mol. The molecular weight excluding hydrogens is 1610 g/mol. The molecule has 13 atom stereocenters. The molecule has 0 radical (unpaired) electrons. The summed E-state index contributed by atoms with van der Waals surface area (Å²) in [4.78, 5) is 233. The number of carbonyl (C=O) groups is 16. The van der Waals surface area contributed by atoms with Gasteiger partial charge in [0.05, 0.1) is 70.4 Å². The van der Waals surface area contributed by atoms with E-state index in [1.165, 1.54) is 53.3 Å². The smallest absolute Gasteiger partial charge is 0.312 e. The van der Waals surface area contributed by atoms with E-state index in [2.05, 4.69) is 47.2 Å². The average Bonchev–Trinajstić information content (AvgIpc) is 1.62. The summed E-state index contributed by atoms with van der Waals surface area (Å²) in [5.74, 6) is -23.8. The number of Topliss-reactive ketones (excluding diaryl/α,β-unsaturated/α-hetero) is 6. The molecule has 3 aliphatic rings. The summed E-state index contributed by atoms with van der Waals surface area (Å²) < 4.78 is 1.61. The van der Waals surface area contributed by atoms with E-state index in [9.17, 15) is 73.2 Å². The third-order valence-electron chi connectivity index (χ3n) is 19.5. The summed E-state index contributed by atoms with van der Waals surface area (Å²) >= 11 is 1.84. The minimum absolute atomic E-state index is 0.0268. The topological polar surface area (TPSA) is 629 Å². The minimum Gasteiger partial charge on any atom is -0.508 e. The Labute approximate surface area is 666 Å². The average molecular weight is 1710 g/mol. The van der Waals surface area contributed by atoms with E-state index in [1.807, 2.05) is 22.6 Å². The van der Waals surface area contributed by atoms with Gasteiger partial charge in [-0.1, -0.05) is 45.0 Å². The van der Waals surface area contributed by atoms with Crippen molar-refractivity contribution in [2.75, 3.05) is 37.7 Å². The van der Waals surface area contributed by atoms with Crippen LogP contribution < -0.4 is 66.3 Å². The van der Waals surface area contributed by atoms with Gasteiger partial charge in [-0.05, 0) is 136 Å². The van der Waals surface area contributed by atoms with Crippen LogP contribution in [0.15, 0.2) is 53.7 Å². The standard InChI is InChI=1S/C72H100IN17O20S2/c1-37(91)64-60(99)31-45(32-63(102)103)70(109)90-21-5-9-53(90)59(98)28-41(6-2-18-80-71(77)78)67(106)85-52-36-112-111-35-51(82-62(101)33-74)58(97)30-44(69(108)86-64)25-46-34-89(88-87-46)20-4-8-49(55(94)29-43(65(76)104)22-38-10-14-47(92)15-11-38)83-68(107)42(13-17-61(75)100)27-56(95)50(24-39-12-16-54(93)48(73)23-39)84-66(105)40(26-57(52)96)7-3-19-81-72(79)110/h10-12,14-16,23,34,37,40-45,49-53,64,91-93H,2-9,13,17-22,24-33,35-36,74H2,1H3,(H2,75,100)(H2,76,104)(H,82,101)(H,83,107)(H,84,105)(H,85,106)(H,86,108)(H,102,103)(H4,77,78,80)(H3,79,81,110)/t37-,40-,41-,42-,43-,44-,45+,49+,50+,51+,52+,53+,64+/m1/s1. The maximum atomic E-state index is 15.4. The number of amides is 10. The summed E-state index contributed by atoms with van der Waals surface area (Å²) in [6, 6.07) is -0.210. The van der Waals surface area contributed by atoms with Crippen molar-refractivity contribution in [2.45, 2.75) is 184 Å². The monoisotopic (exact) mass is 1710 g/mol. The number of hydrogen-bond donors (Lipinski definition) is 16. The number of aromatic nitrogens is 3. The molecule has 22 N–H and O–H groups in total. The van der Waals surface area contributed by atoms with Gasteiger partial charge < -0.3 is 91.6 Å². The molecule has 6 rings (SSSR count). The number of carbonyl (C=O) groups excluding carboxylic acids is 15. The molecule has 3 aliphatic heterocycles. The van der Waals surface area contributed by atoms with Gasteiger partial charge in [0.2, 0.25) is 47.3 Å². The van der Waals surface area contributed by atoms with Gasteiger partial charge in [0.25, 0.3) is 0 Å². The van der Waals surface area contributed by atoms with E-state index < -0.39 is 243 Å². The van der Waals surface area contributed by atoms with Gasteiger partial charge in [0, 0.05) is 119 Å². The molecule has 37 nitrogen and oxygen atoms in total. The second-order valence-corrected chi connectivity index (χ2v) is 32.0. The number of nitrogens with one attached hydrogen (secondary N) is 6. The zero-order valence-electron chi connectivity index (χ0n) is 61.9. The third kappa shape index (κ3) is 29.8. The minimum atomic E-state index is -1.87. The maximum Gasteiger partial charge on any atom is 0.312 e. The highest BCUT2D eigenvalue weighted by atomic mass is 127. The third-order valence-corrected chi connectivity index (χ3v) is 22.8. The van der Waals surface area contributed by atoms with Crippen molar-refractivity contribution in [1.82, 2.24) is 51.8 Å². The van der Waals surface area contributed by atoms with E-state index >= 15 is 24.0 Å². The molecule has 1 aromatic heterocycles. The molecule has 3 aromatic rings. The number of rotatable bonds is 24. The fourth-order valence-corrected chi connectivity index (χ4v) is 16.4. The number of benzene rings is 2. The number of urea groups is 1. The molecule has 2 fully saturated rings. The van der Waals surface area contributed by atoms with Gasteiger partial charge in [-0.3, -0.25) is 81.6 Å². The number of aliphatic hydroxyl groups is 1. The first kappa shape index (κ1) is 91.2. The maximum absolute atomic E-state index is 15.4. The van der Waals surface area contributed by atoms with Crippen molar-refractivity contribution >= 4 is 144 Å². The van der Waals surface area contributed by atoms with Crippen LogP contribution in [0.1, 0.15) is 133 Å². The van der Waals surface area contributed by atoms with Crippen LogP contribution in [0.4, 0.5) is 4.79 Å². The fraction of sp³-hybridized carbons (Fsp3) is 0.569. The Hall–Kier alpha value is -9.68. The molecule has 4 bridgehead atoms. The van der Waals surface area contributed by atoms with E-state index in [1.54, 1.807) is 0 Å². The highest BCUT2D eigenvalue weighted by Gasteiger charge is 2.43. The number of nitrogens with two attached hydrogens (primary N) is 6. The number of aliphatic imine (C=N–C) groups is 1. The number of phenolic OH excluding ortho intramolecular Hbond substituents is 2. The number of halogens is 1. The van der Waals surface area contributed by atoms with Crippen molar-refractivity contribution in [3.8, 4) is 11.5 Å². The van der Waals surface area contributed by atoms with E-state index in [0.717, 1.165) is 33.4 Å². The van der Waals surface area contributed by atoms with Crippen molar-refractivity contribution < 1.29 is 97.1 Å². The molecular formula is C72H100IN17O20S2. The number of aliphatic hydroxyl groups excluding tert-OH is 1. The number of nitrogens with zero attached hydrogens (tertiary/aromatic N) is 5. The lowest BCUT2D eigenvalue weighted by molar-refractivity contribution is -0.148. The largest absolute Gasteiger partial charge is 0.508 e. The number of hydrogen-bond acceptors (Lipinski definition) is 25. The van der Waals surface area contributed by atoms with Gasteiger partial charge in [-0.15, -0.1) is 5.10 Å². The first-order valence-electron chi connectivity index (χ1n) is 36.7. The number of phenols is 2. The molecule has 2 aromatic carbocycles. The van der Waals surface area contributed by atoms with E-state index in [4.69, 9.17) is 34.4 Å². The zero-order valence-corrected chi connectivity index (χ0v) is 65.7. The molecule has 0 saturated carbocycles. The number of carboxylic acid groups (broad SMARTS) is 1. The summed E-state index contributed by atoms with van der Waals surface area (Å²) in [6.07, 6.45) is -7.79. The normalized spacial score (nSPS) is 24.2. The number of fused-ring (bicyclic) bond motifs is 11. The Morgan fingerprint density at radius 1 is 0.705 bits per heavy atom. The quantitative estimate of drug-likeness (QED) is 0.0159. The van der Waals surface area contributed by atoms with Crippen LogP contribution >= 0.6 is 44.2 Å². The lowest BCUT2D eigenvalue weighted by Crippen LogP contribution is -2.52. The molecule has 2 saturated heterocycles. The molecule has 112 heavy (non-hydrogen) atoms. The zero-order chi connectivity index (χ0) is 82.5. The lowest BCUT2D eigenvalue weighted by Gasteiger charge is -2.30. The summed E-state index contributed by atoms with van der Waals surface area (Å²) in [5, 5.41) is 66.1. The van der Waals surface area contributed by atoms with E-state index in [0.29, 0.717) is 14.7 Å². The number of aliphatic carboxylic acids is 1. The molecule has 0 unspecified atom stereocenters. The van der Waals surface area contributed by atoms with Crippen molar-refractivity contribution in [2.24, 2.45) is 74.9 Å². The number of aryl methyl sites for hydroxylation is 1. The van der Waals surface area contributed by atoms with Crippen molar-refractivity contribution in [3.63, 3.8) is 0 Å². The van der Waals surface area contributed by atoms with Crippen LogP contribution in [0, 0.1) is 39.1 Å². The van der Waals surface area contributed by atoms with Crippen LogP contribution in [-0.4, -0.2) is 220 Å². The molecule has 4 heterocycles. The molecule has 612 valence electrons. The SMILES string of the molecule is C[C@@H](O)[C@@H]1NC(=O)[C@H]2CC(=O)[C@@H](NC(=O)CN)CSSC[C@H](NC(=O)[C@H](CCCN=C(N)N)CC(=O)[C@@H]3CCCN3C(=O)[C@H](CC(=O)O)CC1=O)C(=O)C[C@@H](CCCNC(N)=O)C(=O)N[C@@H](Cc1ccc(O)c(I)c1)C(=O)C[C@@H](CCC(N)=O)C(=O)N[C@H](C(=O)C[C@@H](Cc1ccc(O)cc1)C(N)=O)CCCn1cc(nn1)C2. The van der Waals surface area contributed by atoms with Gasteiger partial charge in [0.1, 0.15) is 17.5 Å². The Balaban J connectivity index is 1.56. The van der Waals surface area contributed by atoms with Crippen molar-refractivity contribution in [1.29, 1.82) is 0 Å². The van der Waals surface area contributed by atoms with E-state index in [-0.39, 0.29) is 125 Å². The van der Waals surface area contributed by atoms with Crippen LogP contribution in [0.5, 0.6) is 11.5 Å². The highest BCUT2D eigenvalue weighted by Crippen LogP contribution is 2.31. The molecule has 10 amide bonds. The van der Waals surface area contributed by atoms with Crippen LogP contribution in [0.3, 0.4) is 0 Å². The van der Waals surface area contributed by atoms with Gasteiger partial charge in [-0.25, -0.2) is 4.79 Å². The highest BCUT2D eigenvalue weighted by molar-refractivity contribution is 14.1. The van der Waals surface area contributed by atoms with Gasteiger partial charge >= 0.3 is 12.0 Å². The number of guanidine groups is 1. The predicted octanol–water partition coefficient (Wildman–Crippen LogP) is -1.55. The fourth-order valence-electron chi connectivity index (χ4n) is 13.4. The summed E-state index contributed by atoms with van der Waals surface area (Å²) in [6.45, 7) is 0.0849. The number of carboxylic acids is 1. The first-order valence-corrected chi connectivity index (χ1v) is 40.3.